The summed E-state index contributed by atoms with van der Waals surface area (Å²) in [5.41, 5.74) is 1.24. The van der Waals surface area contributed by atoms with Crippen molar-refractivity contribution >= 4 is 17.6 Å². The second-order valence-corrected chi connectivity index (χ2v) is 5.40. The Morgan fingerprint density at radius 1 is 1.08 bits per heavy atom. The van der Waals surface area contributed by atoms with Crippen molar-refractivity contribution in [2.24, 2.45) is 0 Å². The van der Waals surface area contributed by atoms with Crippen molar-refractivity contribution < 1.29 is 28.9 Å². The lowest BCUT2D eigenvalue weighted by atomic mass is 10.1. The van der Waals surface area contributed by atoms with Crippen LogP contribution in [0.1, 0.15) is 22.3 Å². The number of hydrogen-bond donors (Lipinski definition) is 2. The maximum absolute atomic E-state index is 12.1. The van der Waals surface area contributed by atoms with Gasteiger partial charge in [0.25, 0.3) is 0 Å². The number of benzene rings is 2. The fourth-order valence-electron chi connectivity index (χ4n) is 2.32. The minimum Gasteiger partial charge on any atom is -0.493 e. The molecule has 0 unspecified atom stereocenters. The van der Waals surface area contributed by atoms with Gasteiger partial charge < -0.3 is 24.6 Å². The van der Waals surface area contributed by atoms with Crippen LogP contribution >= 0.6 is 0 Å². The molecule has 0 bridgehead atoms. The van der Waals surface area contributed by atoms with Crippen molar-refractivity contribution in [3.63, 3.8) is 0 Å². The summed E-state index contributed by atoms with van der Waals surface area (Å²) in [6.45, 7) is 0.651. The van der Waals surface area contributed by atoms with E-state index in [9.17, 15) is 14.7 Å². The average Bonchev–Trinajstić information content (AvgIpc) is 2.65. The largest absolute Gasteiger partial charge is 0.493 e. The van der Waals surface area contributed by atoms with Crippen molar-refractivity contribution in [1.82, 2.24) is 0 Å². The Morgan fingerprint density at radius 3 is 2.42 bits per heavy atom. The average molecular weight is 359 g/mol. The number of anilines is 1. The highest BCUT2D eigenvalue weighted by atomic mass is 16.5. The van der Waals surface area contributed by atoms with Gasteiger partial charge >= 0.3 is 5.97 Å². The number of amides is 1. The summed E-state index contributed by atoms with van der Waals surface area (Å²) in [5.74, 6) is -0.965. The van der Waals surface area contributed by atoms with Crippen LogP contribution in [-0.4, -0.2) is 37.8 Å². The number of aromatic carboxylic acids is 1. The molecule has 0 fully saturated rings. The fourth-order valence-corrected chi connectivity index (χ4v) is 2.32. The molecule has 0 aromatic heterocycles. The molecule has 0 atom stereocenters. The third-order valence-corrected chi connectivity index (χ3v) is 3.58. The molecule has 0 aliphatic carbocycles. The van der Waals surface area contributed by atoms with Crippen LogP contribution in [0.5, 0.6) is 11.5 Å². The molecule has 2 aromatic carbocycles. The van der Waals surface area contributed by atoms with E-state index in [1.165, 1.54) is 26.4 Å². The molecule has 7 heteroatoms. The summed E-state index contributed by atoms with van der Waals surface area (Å²) in [6, 6.07) is 12.3. The Labute approximate surface area is 151 Å². The van der Waals surface area contributed by atoms with Crippen LogP contribution in [0.2, 0.25) is 0 Å². The highest BCUT2D eigenvalue weighted by molar-refractivity contribution is 5.96. The number of rotatable bonds is 9. The van der Waals surface area contributed by atoms with Crippen molar-refractivity contribution in [2.45, 2.75) is 13.0 Å². The van der Waals surface area contributed by atoms with E-state index in [1.807, 2.05) is 30.3 Å². The predicted molar refractivity (Wildman–Crippen MR) is 95.9 cm³/mol. The van der Waals surface area contributed by atoms with Crippen molar-refractivity contribution in [3.05, 3.63) is 53.6 Å². The predicted octanol–water partition coefficient (Wildman–Crippen LogP) is 2.95. The van der Waals surface area contributed by atoms with E-state index in [0.29, 0.717) is 6.61 Å². The number of carboxylic acids is 1. The second kappa shape index (κ2) is 9.43. The molecule has 0 heterocycles. The van der Waals surface area contributed by atoms with Crippen LogP contribution in [-0.2, 0) is 16.1 Å². The molecule has 0 aliphatic rings. The van der Waals surface area contributed by atoms with Gasteiger partial charge in [0.2, 0.25) is 5.91 Å². The van der Waals surface area contributed by atoms with Crippen LogP contribution in [0.4, 0.5) is 5.69 Å². The topological polar surface area (TPSA) is 94.1 Å². The molecule has 2 aromatic rings. The summed E-state index contributed by atoms with van der Waals surface area (Å²) >= 11 is 0. The smallest absolute Gasteiger partial charge is 0.335 e. The van der Waals surface area contributed by atoms with Gasteiger partial charge in [0, 0.05) is 0 Å². The van der Waals surface area contributed by atoms with Crippen LogP contribution in [0, 0.1) is 0 Å². The van der Waals surface area contributed by atoms with E-state index >= 15 is 0 Å². The Morgan fingerprint density at radius 2 is 1.81 bits per heavy atom. The molecule has 0 saturated heterocycles. The standard InChI is InChI=1S/C19H21NO6/c1-24-16-11-14(19(22)23)10-15(18(16)25-2)20-17(21)8-9-26-12-13-6-4-3-5-7-13/h3-7,10-11H,8-9,12H2,1-2H3,(H,20,21)(H,22,23). The fraction of sp³-hybridized carbons (Fsp3) is 0.263. The number of carboxylic acid groups (broad SMARTS) is 1. The van der Waals surface area contributed by atoms with Crippen molar-refractivity contribution in [2.75, 3.05) is 26.1 Å². The lowest BCUT2D eigenvalue weighted by Crippen LogP contribution is -2.15. The molecule has 1 amide bonds. The number of nitrogens with one attached hydrogen (secondary N) is 1. The molecule has 7 nitrogen and oxygen atoms in total. The molecule has 2 rings (SSSR count). The summed E-state index contributed by atoms with van der Waals surface area (Å²) in [4.78, 5) is 23.4. The summed E-state index contributed by atoms with van der Waals surface area (Å²) < 4.78 is 15.8. The Kier molecular flexibility index (Phi) is 6.99. The van der Waals surface area contributed by atoms with Crippen LogP contribution in [0.25, 0.3) is 0 Å². The van der Waals surface area contributed by atoms with Gasteiger partial charge in [-0.05, 0) is 17.7 Å². The minimum atomic E-state index is -1.13. The first-order chi connectivity index (χ1) is 12.5. The number of ether oxygens (including phenoxy) is 3. The quantitative estimate of drug-likeness (QED) is 0.669. The maximum Gasteiger partial charge on any atom is 0.335 e. The van der Waals surface area contributed by atoms with Gasteiger partial charge in [0.1, 0.15) is 0 Å². The van der Waals surface area contributed by atoms with E-state index in [1.54, 1.807) is 0 Å². The van der Waals surface area contributed by atoms with Gasteiger partial charge in [0.05, 0.1) is 45.1 Å². The van der Waals surface area contributed by atoms with Crippen LogP contribution in [0.3, 0.4) is 0 Å². The highest BCUT2D eigenvalue weighted by Crippen LogP contribution is 2.36. The number of methoxy groups -OCH3 is 2. The van der Waals surface area contributed by atoms with Crippen LogP contribution < -0.4 is 14.8 Å². The molecule has 138 valence electrons. The van der Waals surface area contributed by atoms with E-state index in [4.69, 9.17) is 14.2 Å². The molecular weight excluding hydrogens is 338 g/mol. The number of carbonyl (C=O) groups excluding carboxylic acids is 1. The maximum atomic E-state index is 12.1. The number of carbonyl (C=O) groups is 2. The number of hydrogen-bond acceptors (Lipinski definition) is 5. The SMILES string of the molecule is COc1cc(C(=O)O)cc(NC(=O)CCOCc2ccccc2)c1OC. The molecule has 2 N–H and O–H groups in total. The van der Waals surface area contributed by atoms with Gasteiger partial charge in [-0.1, -0.05) is 30.3 Å². The Balaban J connectivity index is 1.96. The molecular formula is C19H21NO6. The molecule has 0 radical (unpaired) electrons. The van der Waals surface area contributed by atoms with Gasteiger partial charge in [-0.25, -0.2) is 4.79 Å². The Hall–Kier alpha value is -3.06. The lowest BCUT2D eigenvalue weighted by molar-refractivity contribution is -0.117. The summed E-state index contributed by atoms with van der Waals surface area (Å²) in [6.07, 6.45) is 0.121. The Bertz CT molecular complexity index is 760. The first-order valence-corrected chi connectivity index (χ1v) is 7.96. The van der Waals surface area contributed by atoms with Gasteiger partial charge in [-0.15, -0.1) is 0 Å². The first-order valence-electron chi connectivity index (χ1n) is 7.96. The van der Waals surface area contributed by atoms with Gasteiger partial charge in [0.15, 0.2) is 11.5 Å². The summed E-state index contributed by atoms with van der Waals surface area (Å²) in [7, 11) is 2.81. The van der Waals surface area contributed by atoms with Crippen LogP contribution in [0.15, 0.2) is 42.5 Å². The minimum absolute atomic E-state index is 0.0155. The third kappa shape index (κ3) is 5.22. The van der Waals surface area contributed by atoms with E-state index in [2.05, 4.69) is 5.32 Å². The molecule has 0 spiro atoms. The zero-order valence-corrected chi connectivity index (χ0v) is 14.7. The third-order valence-electron chi connectivity index (χ3n) is 3.58. The van der Waals surface area contributed by atoms with Crippen molar-refractivity contribution in [3.8, 4) is 11.5 Å². The zero-order chi connectivity index (χ0) is 18.9. The van der Waals surface area contributed by atoms with E-state index < -0.39 is 5.97 Å². The second-order valence-electron chi connectivity index (χ2n) is 5.40. The zero-order valence-electron chi connectivity index (χ0n) is 14.7. The molecule has 0 saturated carbocycles. The summed E-state index contributed by atoms with van der Waals surface area (Å²) in [5, 5.41) is 11.8. The van der Waals surface area contributed by atoms with Gasteiger partial charge in [-0.3, -0.25) is 4.79 Å². The first kappa shape index (κ1) is 19.3. The molecule has 0 aliphatic heterocycles. The monoisotopic (exact) mass is 359 g/mol. The normalized spacial score (nSPS) is 10.2. The van der Waals surface area contributed by atoms with E-state index in [0.717, 1.165) is 5.56 Å². The van der Waals surface area contributed by atoms with Crippen molar-refractivity contribution in [1.29, 1.82) is 0 Å². The molecule has 26 heavy (non-hydrogen) atoms. The van der Waals surface area contributed by atoms with Gasteiger partial charge in [-0.2, -0.15) is 0 Å². The van der Waals surface area contributed by atoms with E-state index in [-0.39, 0.29) is 41.7 Å². The lowest BCUT2D eigenvalue weighted by Gasteiger charge is -2.15. The highest BCUT2D eigenvalue weighted by Gasteiger charge is 2.17.